The van der Waals surface area contributed by atoms with Crippen molar-refractivity contribution in [2.45, 2.75) is 46.3 Å². The molecule has 0 atom stereocenters. The van der Waals surface area contributed by atoms with Crippen LogP contribution in [0.3, 0.4) is 0 Å². The van der Waals surface area contributed by atoms with Crippen LogP contribution in [0.15, 0.2) is 24.3 Å². The third-order valence-corrected chi connectivity index (χ3v) is 2.63. The van der Waals surface area contributed by atoms with Crippen molar-refractivity contribution in [2.24, 2.45) is 0 Å². The van der Waals surface area contributed by atoms with E-state index in [1.165, 1.54) is 0 Å². The van der Waals surface area contributed by atoms with Gasteiger partial charge in [-0.3, -0.25) is 4.79 Å². The van der Waals surface area contributed by atoms with Crippen LogP contribution in [0.2, 0.25) is 0 Å². The Kier molecular flexibility index (Phi) is 7.89. The molecule has 0 unspecified atom stereocenters. The molecule has 2 N–H and O–H groups in total. The topological polar surface area (TPSA) is 103 Å². The molecule has 0 fully saturated rings. The maximum atomic E-state index is 11.9. The molecule has 0 saturated heterocycles. The number of rotatable bonds is 7. The van der Waals surface area contributed by atoms with Gasteiger partial charge in [0.2, 0.25) is 5.91 Å². The van der Waals surface area contributed by atoms with E-state index in [4.69, 9.17) is 14.2 Å². The first-order chi connectivity index (χ1) is 12.0. The van der Waals surface area contributed by atoms with E-state index in [0.29, 0.717) is 11.4 Å². The van der Waals surface area contributed by atoms with E-state index >= 15 is 0 Å². The van der Waals surface area contributed by atoms with Gasteiger partial charge < -0.3 is 24.8 Å². The second-order valence-corrected chi connectivity index (χ2v) is 6.76. The summed E-state index contributed by atoms with van der Waals surface area (Å²) < 4.78 is 15.3. The number of amides is 2. The highest BCUT2D eigenvalue weighted by Crippen LogP contribution is 2.17. The lowest BCUT2D eigenvalue weighted by molar-refractivity contribution is -0.149. The highest BCUT2D eigenvalue weighted by molar-refractivity contribution is 5.94. The summed E-state index contributed by atoms with van der Waals surface area (Å²) in [5.74, 6) is -0.494. The Balaban J connectivity index is 2.46. The first-order valence-corrected chi connectivity index (χ1v) is 8.24. The van der Waals surface area contributed by atoms with Gasteiger partial charge in [0.1, 0.15) is 17.9 Å². The number of benzene rings is 1. The van der Waals surface area contributed by atoms with Crippen LogP contribution in [0, 0.1) is 0 Å². The van der Waals surface area contributed by atoms with Gasteiger partial charge >= 0.3 is 12.1 Å². The molecule has 0 aliphatic carbocycles. The zero-order chi connectivity index (χ0) is 19.7. The smallest absolute Gasteiger partial charge is 0.408 e. The average molecular weight is 366 g/mol. The lowest BCUT2D eigenvalue weighted by Crippen LogP contribution is -2.37. The molecule has 0 heterocycles. The minimum Gasteiger partial charge on any atom is -0.482 e. The summed E-state index contributed by atoms with van der Waals surface area (Å²) in [5, 5.41) is 4.98. The highest BCUT2D eigenvalue weighted by atomic mass is 16.6. The van der Waals surface area contributed by atoms with Crippen LogP contribution >= 0.6 is 0 Å². The van der Waals surface area contributed by atoms with Crippen molar-refractivity contribution in [1.82, 2.24) is 5.32 Å². The van der Waals surface area contributed by atoms with E-state index < -0.39 is 23.6 Å². The van der Waals surface area contributed by atoms with Crippen molar-refractivity contribution in [3.8, 4) is 5.75 Å². The number of esters is 1. The maximum Gasteiger partial charge on any atom is 0.408 e. The minimum absolute atomic E-state index is 0.214. The molecule has 26 heavy (non-hydrogen) atoms. The number of ether oxygens (including phenoxy) is 3. The molecule has 1 aromatic rings. The highest BCUT2D eigenvalue weighted by Gasteiger charge is 2.16. The van der Waals surface area contributed by atoms with Crippen LogP contribution < -0.4 is 15.4 Å². The van der Waals surface area contributed by atoms with Crippen molar-refractivity contribution in [3.05, 3.63) is 24.3 Å². The first kappa shape index (κ1) is 21.3. The van der Waals surface area contributed by atoms with Gasteiger partial charge in [-0.05, 0) is 46.8 Å². The summed E-state index contributed by atoms with van der Waals surface area (Å²) in [6.45, 7) is 8.23. The summed E-state index contributed by atoms with van der Waals surface area (Å²) in [6, 6.07) is 6.54. The molecule has 0 saturated carbocycles. The number of carbonyl (C=O) groups excluding carboxylic acids is 3. The summed E-state index contributed by atoms with van der Waals surface area (Å²) in [6.07, 6.45) is -0.886. The predicted octanol–water partition coefficient (Wildman–Crippen LogP) is 2.48. The monoisotopic (exact) mass is 366 g/mol. The van der Waals surface area contributed by atoms with Gasteiger partial charge in [-0.1, -0.05) is 6.07 Å². The Morgan fingerprint density at radius 2 is 1.85 bits per heavy atom. The van der Waals surface area contributed by atoms with Gasteiger partial charge in [0, 0.05) is 11.8 Å². The molecule has 8 heteroatoms. The number of alkyl carbamates (subject to hydrolysis) is 1. The van der Waals surface area contributed by atoms with E-state index in [2.05, 4.69) is 10.6 Å². The van der Waals surface area contributed by atoms with Crippen molar-refractivity contribution >= 4 is 23.7 Å². The molecule has 1 rings (SSSR count). The Labute approximate surface area is 153 Å². The summed E-state index contributed by atoms with van der Waals surface area (Å²) in [4.78, 5) is 34.9. The number of nitrogens with one attached hydrogen (secondary N) is 2. The zero-order valence-electron chi connectivity index (χ0n) is 15.8. The average Bonchev–Trinajstić information content (AvgIpc) is 2.49. The number of anilines is 1. The van der Waals surface area contributed by atoms with E-state index in [1.54, 1.807) is 58.9 Å². The predicted molar refractivity (Wildman–Crippen MR) is 96.0 cm³/mol. The van der Waals surface area contributed by atoms with Crippen LogP contribution in [0.1, 0.15) is 34.6 Å². The third kappa shape index (κ3) is 9.51. The zero-order valence-corrected chi connectivity index (χ0v) is 15.8. The quantitative estimate of drug-likeness (QED) is 0.719. The molecule has 0 radical (unpaired) electrons. The van der Waals surface area contributed by atoms with Gasteiger partial charge in [-0.15, -0.1) is 0 Å². The Morgan fingerprint density at radius 3 is 2.46 bits per heavy atom. The molecule has 8 nitrogen and oxygen atoms in total. The van der Waals surface area contributed by atoms with Gasteiger partial charge in [0.25, 0.3) is 0 Å². The molecule has 0 spiro atoms. The summed E-state index contributed by atoms with van der Waals surface area (Å²) >= 11 is 0. The van der Waals surface area contributed by atoms with E-state index in [9.17, 15) is 14.4 Å². The van der Waals surface area contributed by atoms with Crippen molar-refractivity contribution in [1.29, 1.82) is 0 Å². The molecule has 0 aliphatic heterocycles. The lowest BCUT2D eigenvalue weighted by Gasteiger charge is -2.19. The molecule has 0 aromatic heterocycles. The van der Waals surface area contributed by atoms with E-state index in [1.807, 2.05) is 0 Å². The van der Waals surface area contributed by atoms with Crippen molar-refractivity contribution in [3.63, 3.8) is 0 Å². The Morgan fingerprint density at radius 1 is 1.15 bits per heavy atom. The van der Waals surface area contributed by atoms with E-state index in [-0.39, 0.29) is 19.3 Å². The number of carbonyl (C=O) groups is 3. The third-order valence-electron chi connectivity index (χ3n) is 2.63. The molecule has 2 amide bonds. The van der Waals surface area contributed by atoms with Gasteiger partial charge in [0.15, 0.2) is 6.61 Å². The van der Waals surface area contributed by atoms with Crippen LogP contribution in [0.25, 0.3) is 0 Å². The molecule has 1 aromatic carbocycles. The number of hydrogen-bond acceptors (Lipinski definition) is 6. The maximum absolute atomic E-state index is 11.9. The molecule has 0 aliphatic rings. The SMILES string of the molecule is CC(C)OC(=O)COc1cccc(NC(=O)CNC(=O)OC(C)(C)C)c1. The van der Waals surface area contributed by atoms with Crippen molar-refractivity contribution in [2.75, 3.05) is 18.5 Å². The molecule has 0 bridgehead atoms. The standard InChI is InChI=1S/C18H26N2O6/c1-12(2)25-16(22)11-24-14-8-6-7-13(9-14)20-15(21)10-19-17(23)26-18(3,4)5/h6-9,12H,10-11H2,1-5H3,(H,19,23)(H,20,21). The van der Waals surface area contributed by atoms with Gasteiger partial charge in [0.05, 0.1) is 6.10 Å². The Hall–Kier alpha value is -2.77. The van der Waals surface area contributed by atoms with E-state index in [0.717, 1.165) is 0 Å². The fraction of sp³-hybridized carbons (Fsp3) is 0.500. The lowest BCUT2D eigenvalue weighted by atomic mass is 10.2. The fourth-order valence-electron chi connectivity index (χ4n) is 1.77. The van der Waals surface area contributed by atoms with Gasteiger partial charge in [-0.25, -0.2) is 9.59 Å². The van der Waals surface area contributed by atoms with Crippen molar-refractivity contribution < 1.29 is 28.6 Å². The first-order valence-electron chi connectivity index (χ1n) is 8.24. The Bertz CT molecular complexity index is 637. The molecular weight excluding hydrogens is 340 g/mol. The minimum atomic E-state index is -0.673. The second kappa shape index (κ2) is 9.65. The second-order valence-electron chi connectivity index (χ2n) is 6.76. The molecular formula is C18H26N2O6. The normalized spacial score (nSPS) is 10.8. The summed E-state index contributed by atoms with van der Waals surface area (Å²) in [7, 11) is 0. The van der Waals surface area contributed by atoms with Crippen LogP contribution in [0.5, 0.6) is 5.75 Å². The summed E-state index contributed by atoms with van der Waals surface area (Å²) in [5.41, 5.74) is -0.168. The largest absolute Gasteiger partial charge is 0.482 e. The number of hydrogen-bond donors (Lipinski definition) is 2. The van der Waals surface area contributed by atoms with Crippen LogP contribution in [-0.4, -0.2) is 42.8 Å². The fourth-order valence-corrected chi connectivity index (χ4v) is 1.77. The molecule has 144 valence electrons. The van der Waals surface area contributed by atoms with Gasteiger partial charge in [-0.2, -0.15) is 0 Å². The van der Waals surface area contributed by atoms with Crippen LogP contribution in [-0.2, 0) is 19.1 Å². The van der Waals surface area contributed by atoms with Crippen LogP contribution in [0.4, 0.5) is 10.5 Å².